The van der Waals surface area contributed by atoms with E-state index in [0.29, 0.717) is 0 Å². The number of hydrogen-bond acceptors (Lipinski definition) is 2. The zero-order valence-corrected chi connectivity index (χ0v) is 18.0. The predicted molar refractivity (Wildman–Crippen MR) is 133 cm³/mol. The van der Waals surface area contributed by atoms with Crippen LogP contribution in [0.4, 0.5) is 0 Å². The van der Waals surface area contributed by atoms with Crippen molar-refractivity contribution in [3.05, 3.63) is 120 Å². The monoisotopic (exact) mass is 418 g/mol. The molecule has 0 aliphatic heterocycles. The van der Waals surface area contributed by atoms with E-state index in [1.54, 1.807) is 30.3 Å². The molecule has 2 aliphatic carbocycles. The minimum absolute atomic E-state index is 0.196. The molecule has 4 rings (SSSR count). The average Bonchev–Trinajstić information content (AvgIpc) is 3.48. The first-order valence-corrected chi connectivity index (χ1v) is 10.8. The average molecular weight is 419 g/mol. The maximum Gasteiger partial charge on any atom is 0.115 e. The summed E-state index contributed by atoms with van der Waals surface area (Å²) in [5.41, 5.74) is 5.67. The lowest BCUT2D eigenvalue weighted by Gasteiger charge is -2.27. The van der Waals surface area contributed by atoms with Crippen LogP contribution in [0.25, 0.3) is 11.1 Å². The number of aromatic hydroxyl groups is 2. The van der Waals surface area contributed by atoms with Crippen LogP contribution in [-0.2, 0) is 0 Å². The van der Waals surface area contributed by atoms with Gasteiger partial charge in [0.15, 0.2) is 0 Å². The molecule has 2 aromatic carbocycles. The van der Waals surface area contributed by atoms with Gasteiger partial charge in [-0.2, -0.15) is 0 Å². The number of phenolic OH excluding ortho intramolecular Hbond substituents is 2. The van der Waals surface area contributed by atoms with E-state index < -0.39 is 0 Å². The van der Waals surface area contributed by atoms with Crippen molar-refractivity contribution in [2.45, 2.75) is 6.92 Å². The summed E-state index contributed by atoms with van der Waals surface area (Å²) in [6.45, 7) is 2.05. The number of allylic oxidation sites excluding steroid dienone is 12. The number of hydrogen-bond donors (Lipinski definition) is 2. The molecule has 2 unspecified atom stereocenters. The molecule has 0 heterocycles. The Morgan fingerprint density at radius 1 is 0.844 bits per heavy atom. The Bertz CT molecular complexity index is 1120. The standard InChI is InChI=1S/C30H26O2/c1-3-5-6-21(4-2)30(26-9-7-24(19-26)22-11-15-28(31)16-12-22)27-10-8-25(20-27)23-13-17-29(32)18-14-23/h1,4-20,26-27,30-32H,2H3/b6-5-,21-4+. The van der Waals surface area contributed by atoms with Crippen LogP contribution in [0.1, 0.15) is 18.1 Å². The minimum atomic E-state index is 0.196. The van der Waals surface area contributed by atoms with Crippen molar-refractivity contribution in [3.8, 4) is 23.8 Å². The van der Waals surface area contributed by atoms with Gasteiger partial charge in [0.05, 0.1) is 0 Å². The van der Waals surface area contributed by atoms with E-state index >= 15 is 0 Å². The van der Waals surface area contributed by atoms with Crippen LogP contribution in [0.2, 0.25) is 0 Å². The Morgan fingerprint density at radius 3 is 1.72 bits per heavy atom. The third-order valence-corrected chi connectivity index (χ3v) is 6.06. The lowest BCUT2D eigenvalue weighted by Crippen LogP contribution is -2.19. The number of rotatable bonds is 6. The Morgan fingerprint density at radius 2 is 1.31 bits per heavy atom. The first kappa shape index (κ1) is 21.3. The first-order valence-electron chi connectivity index (χ1n) is 10.8. The summed E-state index contributed by atoms with van der Waals surface area (Å²) in [6.07, 6.45) is 24.8. The maximum atomic E-state index is 9.61. The van der Waals surface area contributed by atoms with Gasteiger partial charge in [-0.05, 0) is 65.1 Å². The molecule has 2 aliphatic rings. The molecule has 158 valence electrons. The van der Waals surface area contributed by atoms with Gasteiger partial charge < -0.3 is 10.2 Å². The zero-order chi connectivity index (χ0) is 22.5. The lowest BCUT2D eigenvalue weighted by molar-refractivity contribution is 0.471. The predicted octanol–water partition coefficient (Wildman–Crippen LogP) is 6.69. The number of phenols is 2. The fourth-order valence-electron chi connectivity index (χ4n) is 4.45. The number of benzene rings is 2. The third-order valence-electron chi connectivity index (χ3n) is 6.06. The highest BCUT2D eigenvalue weighted by Gasteiger charge is 2.30. The van der Waals surface area contributed by atoms with Crippen LogP contribution >= 0.6 is 0 Å². The van der Waals surface area contributed by atoms with Gasteiger partial charge in [0.25, 0.3) is 0 Å². The molecule has 2 nitrogen and oxygen atoms in total. The summed E-state index contributed by atoms with van der Waals surface area (Å²) in [4.78, 5) is 0. The largest absolute Gasteiger partial charge is 0.508 e. The van der Waals surface area contributed by atoms with Gasteiger partial charge in [-0.15, -0.1) is 6.42 Å². The third kappa shape index (κ3) is 4.53. The van der Waals surface area contributed by atoms with Crippen molar-refractivity contribution in [2.75, 3.05) is 0 Å². The van der Waals surface area contributed by atoms with Gasteiger partial charge in [0.2, 0.25) is 0 Å². The van der Waals surface area contributed by atoms with Gasteiger partial charge in [-0.1, -0.05) is 78.8 Å². The Kier molecular flexibility index (Phi) is 6.29. The second-order valence-electron chi connectivity index (χ2n) is 8.03. The van der Waals surface area contributed by atoms with Gasteiger partial charge in [-0.3, -0.25) is 0 Å². The Hall–Kier alpha value is -3.96. The van der Waals surface area contributed by atoms with E-state index in [1.807, 2.05) is 30.3 Å². The van der Waals surface area contributed by atoms with E-state index in [0.717, 1.165) is 22.3 Å². The Balaban J connectivity index is 1.68. The summed E-state index contributed by atoms with van der Waals surface area (Å²) in [6, 6.07) is 14.6. The summed E-state index contributed by atoms with van der Waals surface area (Å²) < 4.78 is 0. The van der Waals surface area contributed by atoms with Gasteiger partial charge in [0, 0.05) is 17.8 Å². The first-order chi connectivity index (χ1) is 15.6. The highest BCUT2D eigenvalue weighted by atomic mass is 16.3. The molecule has 0 saturated carbocycles. The van der Waals surface area contributed by atoms with E-state index in [2.05, 4.69) is 55.4 Å². The molecule has 32 heavy (non-hydrogen) atoms. The maximum absolute atomic E-state index is 9.61. The molecule has 0 aromatic heterocycles. The van der Waals surface area contributed by atoms with E-state index in [4.69, 9.17) is 6.42 Å². The van der Waals surface area contributed by atoms with Gasteiger partial charge >= 0.3 is 0 Å². The smallest absolute Gasteiger partial charge is 0.115 e. The van der Waals surface area contributed by atoms with Crippen molar-refractivity contribution in [2.24, 2.45) is 17.8 Å². The zero-order valence-electron chi connectivity index (χ0n) is 18.0. The van der Waals surface area contributed by atoms with Crippen molar-refractivity contribution in [1.82, 2.24) is 0 Å². The number of terminal acetylenes is 1. The topological polar surface area (TPSA) is 40.5 Å². The van der Waals surface area contributed by atoms with Crippen molar-refractivity contribution < 1.29 is 10.2 Å². The second-order valence-corrected chi connectivity index (χ2v) is 8.03. The second kappa shape index (κ2) is 9.45. The fraction of sp³-hybridized carbons (Fsp3) is 0.133. The molecule has 2 atom stereocenters. The molecule has 0 bridgehead atoms. The minimum Gasteiger partial charge on any atom is -0.508 e. The highest BCUT2D eigenvalue weighted by Crippen LogP contribution is 2.42. The molecular formula is C30H26O2. The molecule has 0 amide bonds. The molecule has 0 fully saturated rings. The molecule has 2 heteroatoms. The molecule has 2 aromatic rings. The quantitative estimate of drug-likeness (QED) is 0.405. The SMILES string of the molecule is C#C/C=C\C(=C/C)C(C1C=CC(c2ccc(O)cc2)=C1)C1C=CC(c2ccc(O)cc2)=C1. The van der Waals surface area contributed by atoms with E-state index in [-0.39, 0.29) is 29.3 Å². The van der Waals surface area contributed by atoms with Gasteiger partial charge in [0.1, 0.15) is 11.5 Å². The highest BCUT2D eigenvalue weighted by molar-refractivity contribution is 5.79. The van der Waals surface area contributed by atoms with Crippen LogP contribution in [0, 0.1) is 30.1 Å². The molecule has 0 radical (unpaired) electrons. The van der Waals surface area contributed by atoms with Crippen LogP contribution < -0.4 is 0 Å². The van der Waals surface area contributed by atoms with Gasteiger partial charge in [-0.25, -0.2) is 0 Å². The summed E-state index contributed by atoms with van der Waals surface area (Å²) in [7, 11) is 0. The van der Waals surface area contributed by atoms with Crippen molar-refractivity contribution in [3.63, 3.8) is 0 Å². The molecule has 0 saturated heterocycles. The van der Waals surface area contributed by atoms with Crippen molar-refractivity contribution >= 4 is 11.1 Å². The van der Waals surface area contributed by atoms with Crippen LogP contribution in [-0.4, -0.2) is 10.2 Å². The molecule has 2 N–H and O–H groups in total. The normalized spacial score (nSPS) is 20.9. The lowest BCUT2D eigenvalue weighted by atomic mass is 9.76. The summed E-state index contributed by atoms with van der Waals surface area (Å²) in [5, 5.41) is 19.2. The molecule has 0 spiro atoms. The fourth-order valence-corrected chi connectivity index (χ4v) is 4.45. The van der Waals surface area contributed by atoms with Crippen molar-refractivity contribution in [1.29, 1.82) is 0 Å². The molecular weight excluding hydrogens is 392 g/mol. The van der Waals surface area contributed by atoms with E-state index in [9.17, 15) is 10.2 Å². The Labute approximate surface area is 189 Å². The van der Waals surface area contributed by atoms with Crippen LogP contribution in [0.15, 0.2) is 109 Å². The summed E-state index contributed by atoms with van der Waals surface area (Å²) in [5.74, 6) is 3.76. The summed E-state index contributed by atoms with van der Waals surface area (Å²) >= 11 is 0. The van der Waals surface area contributed by atoms with E-state index in [1.165, 1.54) is 5.57 Å². The van der Waals surface area contributed by atoms with Crippen LogP contribution in [0.3, 0.4) is 0 Å². The van der Waals surface area contributed by atoms with Crippen LogP contribution in [0.5, 0.6) is 11.5 Å².